The van der Waals surface area contributed by atoms with E-state index >= 15 is 0 Å². The molecule has 0 aliphatic carbocycles. The van der Waals surface area contributed by atoms with E-state index < -0.39 is 23.3 Å². The van der Waals surface area contributed by atoms with Gasteiger partial charge < -0.3 is 10.6 Å². The molecular formula is C21H18F4N2. The maximum Gasteiger partial charge on any atom is 0.131 e. The summed E-state index contributed by atoms with van der Waals surface area (Å²) in [5, 5.41) is 6.20. The number of aryl methyl sites for hydroxylation is 1. The van der Waals surface area contributed by atoms with Crippen molar-refractivity contribution < 1.29 is 17.6 Å². The van der Waals surface area contributed by atoms with Crippen molar-refractivity contribution >= 4 is 11.4 Å². The Hall–Kier alpha value is -3.02. The van der Waals surface area contributed by atoms with Crippen molar-refractivity contribution in [2.24, 2.45) is 0 Å². The van der Waals surface area contributed by atoms with Crippen LogP contribution < -0.4 is 10.6 Å². The molecule has 3 rings (SSSR count). The lowest BCUT2D eigenvalue weighted by atomic mass is 10.1. The Balaban J connectivity index is 1.63. The van der Waals surface area contributed by atoms with E-state index in [2.05, 4.69) is 10.6 Å². The summed E-state index contributed by atoms with van der Waals surface area (Å²) in [5.74, 6) is -2.42. The van der Waals surface area contributed by atoms with Gasteiger partial charge in [0.2, 0.25) is 0 Å². The van der Waals surface area contributed by atoms with Crippen LogP contribution in [0.4, 0.5) is 28.9 Å². The predicted molar refractivity (Wildman–Crippen MR) is 98.5 cm³/mol. The van der Waals surface area contributed by atoms with Crippen LogP contribution in [0.3, 0.4) is 0 Å². The van der Waals surface area contributed by atoms with Crippen LogP contribution in [0.25, 0.3) is 0 Å². The molecule has 0 radical (unpaired) electrons. The SMILES string of the molecule is Cc1cc(NCc2ccc(F)cc2F)ccc1NCc1ccc(F)cc1F. The number of halogens is 4. The number of hydrogen-bond donors (Lipinski definition) is 2. The molecular weight excluding hydrogens is 356 g/mol. The maximum atomic E-state index is 13.7. The zero-order valence-corrected chi connectivity index (χ0v) is 14.6. The lowest BCUT2D eigenvalue weighted by Crippen LogP contribution is -2.05. The van der Waals surface area contributed by atoms with Crippen LogP contribution >= 0.6 is 0 Å². The molecule has 6 heteroatoms. The summed E-state index contributed by atoms with van der Waals surface area (Å²) in [6.45, 7) is 2.33. The minimum atomic E-state index is -0.611. The first-order valence-corrected chi connectivity index (χ1v) is 8.38. The highest BCUT2D eigenvalue weighted by Gasteiger charge is 2.07. The Bertz CT molecular complexity index is 957. The molecule has 140 valence electrons. The fourth-order valence-electron chi connectivity index (χ4n) is 2.69. The maximum absolute atomic E-state index is 13.7. The van der Waals surface area contributed by atoms with Crippen LogP contribution in [0.5, 0.6) is 0 Å². The quantitative estimate of drug-likeness (QED) is 0.535. The Morgan fingerprint density at radius 1 is 0.667 bits per heavy atom. The molecule has 2 nitrogen and oxygen atoms in total. The molecule has 0 saturated heterocycles. The molecule has 0 saturated carbocycles. The molecule has 3 aromatic rings. The van der Waals surface area contributed by atoms with Gasteiger partial charge in [0.25, 0.3) is 0 Å². The summed E-state index contributed by atoms with van der Waals surface area (Å²) in [6, 6.07) is 12.4. The monoisotopic (exact) mass is 374 g/mol. The van der Waals surface area contributed by atoms with E-state index in [1.807, 2.05) is 19.1 Å². The summed E-state index contributed by atoms with van der Waals surface area (Å²) in [5.41, 5.74) is 3.21. The molecule has 0 bridgehead atoms. The first-order chi connectivity index (χ1) is 12.9. The minimum absolute atomic E-state index is 0.221. The second kappa shape index (κ2) is 8.12. The third kappa shape index (κ3) is 4.78. The molecule has 0 heterocycles. The predicted octanol–water partition coefficient (Wildman–Crippen LogP) is 5.78. The average Bonchev–Trinajstić information content (AvgIpc) is 2.61. The lowest BCUT2D eigenvalue weighted by molar-refractivity contribution is 0.573. The number of hydrogen-bond acceptors (Lipinski definition) is 2. The van der Waals surface area contributed by atoms with Crippen LogP contribution in [0, 0.1) is 30.2 Å². The lowest BCUT2D eigenvalue weighted by Gasteiger charge is -2.13. The Morgan fingerprint density at radius 2 is 1.22 bits per heavy atom. The molecule has 0 unspecified atom stereocenters. The molecule has 0 fully saturated rings. The van der Waals surface area contributed by atoms with Crippen molar-refractivity contribution in [2.75, 3.05) is 10.6 Å². The van der Waals surface area contributed by atoms with E-state index in [1.54, 1.807) is 6.07 Å². The van der Waals surface area contributed by atoms with E-state index in [-0.39, 0.29) is 13.1 Å². The highest BCUT2D eigenvalue weighted by atomic mass is 19.1. The van der Waals surface area contributed by atoms with Crippen LogP contribution in [0.2, 0.25) is 0 Å². The zero-order chi connectivity index (χ0) is 19.4. The normalized spacial score (nSPS) is 10.7. The smallest absolute Gasteiger partial charge is 0.131 e. The van der Waals surface area contributed by atoms with E-state index in [1.165, 1.54) is 24.3 Å². The van der Waals surface area contributed by atoms with Gasteiger partial charge in [-0.15, -0.1) is 0 Å². The van der Waals surface area contributed by atoms with Crippen molar-refractivity contribution in [3.05, 3.63) is 94.6 Å². The molecule has 0 spiro atoms. The molecule has 0 aliphatic rings. The summed E-state index contributed by atoms with van der Waals surface area (Å²) in [4.78, 5) is 0. The fourth-order valence-corrected chi connectivity index (χ4v) is 2.69. The highest BCUT2D eigenvalue weighted by Crippen LogP contribution is 2.22. The second-order valence-electron chi connectivity index (χ2n) is 6.21. The average molecular weight is 374 g/mol. The summed E-state index contributed by atoms with van der Waals surface area (Å²) in [6.07, 6.45) is 0. The topological polar surface area (TPSA) is 24.1 Å². The first-order valence-electron chi connectivity index (χ1n) is 8.38. The largest absolute Gasteiger partial charge is 0.381 e. The van der Waals surface area contributed by atoms with Crippen LogP contribution in [0.1, 0.15) is 16.7 Å². The van der Waals surface area contributed by atoms with Gasteiger partial charge in [-0.2, -0.15) is 0 Å². The molecule has 0 atom stereocenters. The Labute approximate surface area is 154 Å². The minimum Gasteiger partial charge on any atom is -0.381 e. The highest BCUT2D eigenvalue weighted by molar-refractivity contribution is 5.59. The second-order valence-corrected chi connectivity index (χ2v) is 6.21. The molecule has 27 heavy (non-hydrogen) atoms. The van der Waals surface area contributed by atoms with Gasteiger partial charge in [-0.25, -0.2) is 17.6 Å². The molecule has 2 N–H and O–H groups in total. The van der Waals surface area contributed by atoms with Gasteiger partial charge >= 0.3 is 0 Å². The van der Waals surface area contributed by atoms with Gasteiger partial charge in [0.05, 0.1) is 0 Å². The van der Waals surface area contributed by atoms with Crippen molar-refractivity contribution in [1.82, 2.24) is 0 Å². The van der Waals surface area contributed by atoms with Crippen molar-refractivity contribution in [2.45, 2.75) is 20.0 Å². The third-order valence-corrected chi connectivity index (χ3v) is 4.21. The Kier molecular flexibility index (Phi) is 5.64. The fraction of sp³-hybridized carbons (Fsp3) is 0.143. The first kappa shape index (κ1) is 18.8. The van der Waals surface area contributed by atoms with E-state index in [0.717, 1.165) is 29.1 Å². The van der Waals surface area contributed by atoms with E-state index in [9.17, 15) is 17.6 Å². The molecule has 3 aromatic carbocycles. The third-order valence-electron chi connectivity index (χ3n) is 4.21. The van der Waals surface area contributed by atoms with Gasteiger partial charge in [0, 0.05) is 47.7 Å². The van der Waals surface area contributed by atoms with Gasteiger partial charge in [0.15, 0.2) is 0 Å². The van der Waals surface area contributed by atoms with Gasteiger partial charge in [-0.1, -0.05) is 12.1 Å². The van der Waals surface area contributed by atoms with Gasteiger partial charge in [-0.05, 0) is 42.8 Å². The van der Waals surface area contributed by atoms with Gasteiger partial charge in [-0.3, -0.25) is 0 Å². The number of benzene rings is 3. The van der Waals surface area contributed by atoms with Crippen molar-refractivity contribution in [1.29, 1.82) is 0 Å². The molecule has 0 amide bonds. The van der Waals surface area contributed by atoms with Gasteiger partial charge in [0.1, 0.15) is 23.3 Å². The van der Waals surface area contributed by atoms with E-state index in [0.29, 0.717) is 11.1 Å². The van der Waals surface area contributed by atoms with Crippen molar-refractivity contribution in [3.8, 4) is 0 Å². The summed E-state index contributed by atoms with van der Waals surface area (Å²) >= 11 is 0. The number of nitrogens with one attached hydrogen (secondary N) is 2. The summed E-state index contributed by atoms with van der Waals surface area (Å²) < 4.78 is 53.3. The molecule has 0 aromatic heterocycles. The van der Waals surface area contributed by atoms with Crippen molar-refractivity contribution in [3.63, 3.8) is 0 Å². The molecule has 0 aliphatic heterocycles. The van der Waals surface area contributed by atoms with Crippen LogP contribution in [-0.2, 0) is 13.1 Å². The van der Waals surface area contributed by atoms with E-state index in [4.69, 9.17) is 0 Å². The van der Waals surface area contributed by atoms with Crippen LogP contribution in [-0.4, -0.2) is 0 Å². The number of anilines is 2. The summed E-state index contributed by atoms with van der Waals surface area (Å²) in [7, 11) is 0. The van der Waals surface area contributed by atoms with Crippen LogP contribution in [0.15, 0.2) is 54.6 Å². The Morgan fingerprint density at radius 3 is 1.74 bits per heavy atom. The standard InChI is InChI=1S/C21H18F4N2/c1-13-8-18(26-11-14-2-4-16(22)9-19(14)24)6-7-21(13)27-12-15-3-5-17(23)10-20(15)25/h2-10,26-27H,11-12H2,1H3. The zero-order valence-electron chi connectivity index (χ0n) is 14.6. The number of rotatable bonds is 6.